The van der Waals surface area contributed by atoms with Crippen LogP contribution in [0.1, 0.15) is 52.4 Å². The van der Waals surface area contributed by atoms with Gasteiger partial charge < -0.3 is 4.90 Å². The van der Waals surface area contributed by atoms with Crippen LogP contribution >= 0.6 is 0 Å². The summed E-state index contributed by atoms with van der Waals surface area (Å²) >= 11 is 0. The molecule has 0 aliphatic heterocycles. The van der Waals surface area contributed by atoms with Crippen LogP contribution in [0.25, 0.3) is 0 Å². The molecule has 19 heavy (non-hydrogen) atoms. The summed E-state index contributed by atoms with van der Waals surface area (Å²) in [6.45, 7) is 4.97. The highest BCUT2D eigenvalue weighted by atomic mass is 16.2. The Balaban J connectivity index is 1.93. The zero-order valence-corrected chi connectivity index (χ0v) is 12.3. The maximum absolute atomic E-state index is 12.8. The molecule has 2 atom stereocenters. The molecule has 0 spiro atoms. The van der Waals surface area contributed by atoms with Gasteiger partial charge in [-0.05, 0) is 55.3 Å². The molecule has 4 rings (SSSR count). The van der Waals surface area contributed by atoms with Crippen molar-refractivity contribution in [3.8, 4) is 6.07 Å². The van der Waals surface area contributed by atoms with E-state index in [2.05, 4.69) is 19.9 Å². The third-order valence-electron chi connectivity index (χ3n) is 5.73. The fourth-order valence-corrected chi connectivity index (χ4v) is 6.27. The van der Waals surface area contributed by atoms with E-state index in [-0.39, 0.29) is 17.9 Å². The molecule has 3 heteroatoms. The molecule has 2 unspecified atom stereocenters. The molecular weight excluding hydrogens is 236 g/mol. The van der Waals surface area contributed by atoms with Gasteiger partial charge in [0, 0.05) is 7.05 Å². The number of nitrogens with zero attached hydrogens (tertiary/aromatic N) is 2. The second-order valence-corrected chi connectivity index (χ2v) is 8.23. The molecule has 0 saturated heterocycles. The largest absolute Gasteiger partial charge is 0.332 e. The maximum atomic E-state index is 12.8. The predicted octanol–water partition coefficient (Wildman–Crippen LogP) is 2.96. The Labute approximate surface area is 116 Å². The van der Waals surface area contributed by atoms with Crippen LogP contribution in [0.3, 0.4) is 0 Å². The lowest BCUT2D eigenvalue weighted by Crippen LogP contribution is -2.60. The SMILES string of the molecule is CN(CC#N)C(=O)C12CC3CC(C)(CC(C)(C3)C1)C2. The first-order valence-corrected chi connectivity index (χ1v) is 7.43. The first-order chi connectivity index (χ1) is 8.80. The zero-order chi connectivity index (χ0) is 13.9. The molecule has 4 saturated carbocycles. The highest BCUT2D eigenvalue weighted by Gasteiger charge is 2.63. The van der Waals surface area contributed by atoms with Crippen LogP contribution in [-0.2, 0) is 4.79 Å². The van der Waals surface area contributed by atoms with E-state index >= 15 is 0 Å². The lowest BCUT2D eigenvalue weighted by atomic mass is 9.40. The van der Waals surface area contributed by atoms with Crippen LogP contribution in [0.4, 0.5) is 0 Å². The summed E-state index contributed by atoms with van der Waals surface area (Å²) in [5.74, 6) is 0.960. The summed E-state index contributed by atoms with van der Waals surface area (Å²) in [6, 6.07) is 2.10. The molecule has 0 aromatic carbocycles. The topological polar surface area (TPSA) is 44.1 Å². The van der Waals surface area contributed by atoms with Crippen molar-refractivity contribution in [2.45, 2.75) is 52.4 Å². The molecule has 4 fully saturated rings. The van der Waals surface area contributed by atoms with Crippen molar-refractivity contribution in [1.29, 1.82) is 5.26 Å². The monoisotopic (exact) mass is 260 g/mol. The van der Waals surface area contributed by atoms with Gasteiger partial charge in [-0.1, -0.05) is 13.8 Å². The standard InChI is InChI=1S/C16H24N2O/c1-14-6-12-7-15(2,9-14)11-16(8-12,10-14)13(19)18(3)5-4-17/h12H,5-11H2,1-3H3. The molecule has 0 heterocycles. The smallest absolute Gasteiger partial charge is 0.229 e. The van der Waals surface area contributed by atoms with Gasteiger partial charge in [0.25, 0.3) is 0 Å². The van der Waals surface area contributed by atoms with E-state index in [1.54, 1.807) is 11.9 Å². The molecule has 0 aromatic rings. The lowest BCUT2D eigenvalue weighted by Gasteiger charge is -2.65. The number of carbonyl (C=O) groups is 1. The minimum atomic E-state index is -0.158. The molecule has 104 valence electrons. The fourth-order valence-electron chi connectivity index (χ4n) is 6.27. The quantitative estimate of drug-likeness (QED) is 0.716. The van der Waals surface area contributed by atoms with Crippen LogP contribution in [-0.4, -0.2) is 24.4 Å². The van der Waals surface area contributed by atoms with Gasteiger partial charge in [-0.25, -0.2) is 0 Å². The number of hydrogen-bond donors (Lipinski definition) is 0. The van der Waals surface area contributed by atoms with Gasteiger partial charge in [-0.15, -0.1) is 0 Å². The van der Waals surface area contributed by atoms with Gasteiger partial charge in [0.1, 0.15) is 6.54 Å². The van der Waals surface area contributed by atoms with E-state index in [0.29, 0.717) is 10.8 Å². The number of nitriles is 1. The summed E-state index contributed by atoms with van der Waals surface area (Å²) in [7, 11) is 1.79. The Morgan fingerprint density at radius 1 is 1.21 bits per heavy atom. The molecule has 4 aliphatic rings. The van der Waals surface area contributed by atoms with E-state index < -0.39 is 0 Å². The highest BCUT2D eigenvalue weighted by molar-refractivity contribution is 5.83. The van der Waals surface area contributed by atoms with Crippen molar-refractivity contribution in [3.63, 3.8) is 0 Å². The van der Waals surface area contributed by atoms with E-state index in [9.17, 15) is 4.79 Å². The van der Waals surface area contributed by atoms with Crippen molar-refractivity contribution < 1.29 is 4.79 Å². The molecule has 0 N–H and O–H groups in total. The van der Waals surface area contributed by atoms with E-state index in [4.69, 9.17) is 5.26 Å². The molecule has 3 nitrogen and oxygen atoms in total. The third kappa shape index (κ3) is 1.88. The first-order valence-electron chi connectivity index (χ1n) is 7.43. The Kier molecular flexibility index (Phi) is 2.56. The second kappa shape index (κ2) is 3.75. The molecule has 0 aromatic heterocycles. The summed E-state index contributed by atoms with van der Waals surface area (Å²) in [5, 5.41) is 8.82. The van der Waals surface area contributed by atoms with Gasteiger partial charge in [0.05, 0.1) is 11.5 Å². The van der Waals surface area contributed by atoms with Crippen molar-refractivity contribution in [2.24, 2.45) is 22.2 Å². The van der Waals surface area contributed by atoms with E-state index in [0.717, 1.165) is 25.2 Å². The van der Waals surface area contributed by atoms with Crippen LogP contribution in [0.15, 0.2) is 0 Å². The van der Waals surface area contributed by atoms with Crippen LogP contribution in [0, 0.1) is 33.5 Å². The lowest BCUT2D eigenvalue weighted by molar-refractivity contribution is -0.177. The summed E-state index contributed by atoms with van der Waals surface area (Å²) in [6.07, 6.45) is 7.04. The van der Waals surface area contributed by atoms with Gasteiger partial charge >= 0.3 is 0 Å². The fraction of sp³-hybridized carbons (Fsp3) is 0.875. The van der Waals surface area contributed by atoms with Crippen LogP contribution in [0.2, 0.25) is 0 Å². The van der Waals surface area contributed by atoms with Gasteiger partial charge in [-0.3, -0.25) is 4.79 Å². The average molecular weight is 260 g/mol. The van der Waals surface area contributed by atoms with Crippen LogP contribution in [0.5, 0.6) is 0 Å². The van der Waals surface area contributed by atoms with E-state index in [1.165, 1.54) is 19.3 Å². The zero-order valence-electron chi connectivity index (χ0n) is 12.3. The minimum Gasteiger partial charge on any atom is -0.332 e. The Hall–Kier alpha value is -1.04. The molecular formula is C16H24N2O. The van der Waals surface area contributed by atoms with Gasteiger partial charge in [0.2, 0.25) is 5.91 Å². The average Bonchev–Trinajstić information content (AvgIpc) is 2.23. The summed E-state index contributed by atoms with van der Waals surface area (Å²) in [5.41, 5.74) is 0.559. The van der Waals surface area contributed by atoms with E-state index in [1.807, 2.05) is 0 Å². The van der Waals surface area contributed by atoms with Crippen LogP contribution < -0.4 is 0 Å². The number of carbonyl (C=O) groups excluding carboxylic acids is 1. The van der Waals surface area contributed by atoms with Crippen molar-refractivity contribution >= 4 is 5.91 Å². The molecule has 0 radical (unpaired) electrons. The number of hydrogen-bond acceptors (Lipinski definition) is 2. The van der Waals surface area contributed by atoms with Crippen molar-refractivity contribution in [3.05, 3.63) is 0 Å². The first kappa shape index (κ1) is 13.0. The Morgan fingerprint density at radius 2 is 1.79 bits per heavy atom. The normalized spacial score (nSPS) is 46.9. The Morgan fingerprint density at radius 3 is 2.26 bits per heavy atom. The van der Waals surface area contributed by atoms with Crippen molar-refractivity contribution in [1.82, 2.24) is 4.90 Å². The van der Waals surface area contributed by atoms with Gasteiger partial charge in [-0.2, -0.15) is 5.26 Å². The summed E-state index contributed by atoms with van der Waals surface area (Å²) < 4.78 is 0. The Bertz CT molecular complexity index is 446. The predicted molar refractivity (Wildman–Crippen MR) is 73.1 cm³/mol. The molecule has 4 aliphatic carbocycles. The maximum Gasteiger partial charge on any atom is 0.229 e. The highest BCUT2D eigenvalue weighted by Crippen LogP contribution is 2.69. The summed E-state index contributed by atoms with van der Waals surface area (Å²) in [4.78, 5) is 14.5. The van der Waals surface area contributed by atoms with Gasteiger partial charge in [0.15, 0.2) is 0 Å². The second-order valence-electron chi connectivity index (χ2n) is 8.23. The number of amides is 1. The molecule has 4 bridgehead atoms. The molecule has 1 amide bonds. The third-order valence-corrected chi connectivity index (χ3v) is 5.73. The van der Waals surface area contributed by atoms with Crippen molar-refractivity contribution in [2.75, 3.05) is 13.6 Å². The minimum absolute atomic E-state index is 0.158. The number of rotatable bonds is 2.